The van der Waals surface area contributed by atoms with E-state index in [0.717, 1.165) is 6.42 Å². The minimum atomic E-state index is -1.21. The molecule has 2 N–H and O–H groups in total. The van der Waals surface area contributed by atoms with Crippen LogP contribution in [0, 0.1) is 0 Å². The van der Waals surface area contributed by atoms with Crippen LogP contribution in [-0.2, 0) is 9.47 Å². The average molecular weight is 202 g/mol. The maximum Gasteiger partial charge on any atom is 0.159 e. The van der Waals surface area contributed by atoms with Crippen LogP contribution in [0.1, 0.15) is 19.3 Å². The summed E-state index contributed by atoms with van der Waals surface area (Å²) in [5.74, 6) is 0. The molecule has 0 spiro atoms. The Morgan fingerprint density at radius 2 is 2.14 bits per heavy atom. The summed E-state index contributed by atoms with van der Waals surface area (Å²) in [6.07, 6.45) is 3.90. The van der Waals surface area contributed by atoms with Crippen molar-refractivity contribution in [3.05, 3.63) is 12.2 Å². The maximum atomic E-state index is 10.1. The number of aliphatic hydroxyl groups is 2. The third-order valence-corrected chi connectivity index (χ3v) is 2.61. The molecule has 0 aromatic rings. The second-order valence-corrected chi connectivity index (χ2v) is 3.59. The first-order valence-corrected chi connectivity index (χ1v) is 4.76. The minimum absolute atomic E-state index is 0.248. The highest BCUT2D eigenvalue weighted by molar-refractivity contribution is 5.09. The second kappa shape index (κ2) is 4.89. The number of ether oxygens (including phenoxy) is 2. The Bertz CT molecular complexity index is 200. The van der Waals surface area contributed by atoms with Crippen molar-refractivity contribution in [1.29, 1.82) is 0 Å². The molecular formula is C10H18O4. The molecule has 14 heavy (non-hydrogen) atoms. The molecule has 0 aromatic carbocycles. The van der Waals surface area contributed by atoms with E-state index in [1.807, 2.05) is 6.08 Å². The van der Waals surface area contributed by atoms with E-state index in [0.29, 0.717) is 6.42 Å². The Morgan fingerprint density at radius 3 is 2.64 bits per heavy atom. The summed E-state index contributed by atoms with van der Waals surface area (Å²) in [5.41, 5.74) is -1.21. The van der Waals surface area contributed by atoms with Crippen LogP contribution in [0.15, 0.2) is 12.2 Å². The zero-order chi connectivity index (χ0) is 10.6. The number of hydrogen-bond acceptors (Lipinski definition) is 4. The summed E-state index contributed by atoms with van der Waals surface area (Å²) in [5, 5.41) is 19.7. The van der Waals surface area contributed by atoms with Crippen molar-refractivity contribution in [3.63, 3.8) is 0 Å². The van der Waals surface area contributed by atoms with Gasteiger partial charge in [0, 0.05) is 20.6 Å². The summed E-state index contributed by atoms with van der Waals surface area (Å²) in [4.78, 5) is 0. The molecule has 0 fully saturated rings. The van der Waals surface area contributed by atoms with E-state index in [9.17, 15) is 10.2 Å². The Kier molecular flexibility index (Phi) is 4.07. The third-order valence-electron chi connectivity index (χ3n) is 2.61. The van der Waals surface area contributed by atoms with Crippen molar-refractivity contribution in [2.45, 2.75) is 37.3 Å². The van der Waals surface area contributed by atoms with Crippen LogP contribution in [0.25, 0.3) is 0 Å². The molecule has 1 aliphatic carbocycles. The van der Waals surface area contributed by atoms with E-state index in [1.165, 1.54) is 14.2 Å². The fourth-order valence-corrected chi connectivity index (χ4v) is 1.64. The Morgan fingerprint density at radius 1 is 1.50 bits per heavy atom. The van der Waals surface area contributed by atoms with Gasteiger partial charge in [0.25, 0.3) is 0 Å². The molecule has 0 saturated carbocycles. The van der Waals surface area contributed by atoms with Gasteiger partial charge < -0.3 is 19.7 Å². The monoisotopic (exact) mass is 202 g/mol. The van der Waals surface area contributed by atoms with Crippen molar-refractivity contribution in [2.24, 2.45) is 0 Å². The van der Waals surface area contributed by atoms with Crippen molar-refractivity contribution in [2.75, 3.05) is 14.2 Å². The van der Waals surface area contributed by atoms with Crippen LogP contribution in [0.4, 0.5) is 0 Å². The van der Waals surface area contributed by atoms with Crippen molar-refractivity contribution >= 4 is 0 Å². The Labute approximate surface area is 84.1 Å². The molecule has 0 heterocycles. The molecule has 4 heteroatoms. The summed E-state index contributed by atoms with van der Waals surface area (Å²) >= 11 is 0. The van der Waals surface area contributed by atoms with E-state index in [4.69, 9.17) is 9.47 Å². The predicted molar refractivity (Wildman–Crippen MR) is 51.8 cm³/mol. The van der Waals surface area contributed by atoms with Gasteiger partial charge in [0.1, 0.15) is 5.60 Å². The van der Waals surface area contributed by atoms with Crippen LogP contribution >= 0.6 is 0 Å². The highest BCUT2D eigenvalue weighted by Gasteiger charge is 2.37. The summed E-state index contributed by atoms with van der Waals surface area (Å²) in [6.45, 7) is 0. The van der Waals surface area contributed by atoms with Gasteiger partial charge in [-0.25, -0.2) is 0 Å². The third kappa shape index (κ3) is 2.54. The lowest BCUT2D eigenvalue weighted by molar-refractivity contribution is -0.156. The largest absolute Gasteiger partial charge is 0.390 e. The molecule has 0 unspecified atom stereocenters. The lowest BCUT2D eigenvalue weighted by atomic mass is 9.85. The predicted octanol–water partition coefficient (Wildman–Crippen LogP) is 0.437. The fraction of sp³-hybridized carbons (Fsp3) is 0.800. The lowest BCUT2D eigenvalue weighted by Gasteiger charge is -2.34. The van der Waals surface area contributed by atoms with Gasteiger partial charge in [-0.3, -0.25) is 0 Å². The molecule has 1 aliphatic rings. The number of methoxy groups -OCH3 is 2. The number of allylic oxidation sites excluding steroid dienone is 1. The van der Waals surface area contributed by atoms with Crippen molar-refractivity contribution < 1.29 is 19.7 Å². The molecule has 82 valence electrons. The van der Waals surface area contributed by atoms with Gasteiger partial charge in [0.2, 0.25) is 0 Å². The first-order valence-electron chi connectivity index (χ1n) is 4.76. The first-order chi connectivity index (χ1) is 6.62. The number of aliphatic hydroxyl groups excluding tert-OH is 1. The van der Waals surface area contributed by atoms with Gasteiger partial charge in [0.05, 0.1) is 6.10 Å². The molecule has 0 saturated heterocycles. The van der Waals surface area contributed by atoms with Crippen LogP contribution < -0.4 is 0 Å². The number of rotatable bonds is 4. The van der Waals surface area contributed by atoms with E-state index in [2.05, 4.69) is 0 Å². The van der Waals surface area contributed by atoms with Gasteiger partial charge in [-0.15, -0.1) is 0 Å². The molecule has 0 bridgehead atoms. The zero-order valence-electron chi connectivity index (χ0n) is 8.64. The standard InChI is InChI=1S/C10H18O4/c1-13-9(14-2)7-10(12)6-4-3-5-8(10)11/h4,6,8-9,11-12H,3,5,7H2,1-2H3/t8-,10+/m0/s1. The minimum Gasteiger partial charge on any atom is -0.390 e. The Balaban J connectivity index is 2.63. The SMILES string of the molecule is COC(C[C@]1(O)C=CCC[C@@H]1O)OC. The highest BCUT2D eigenvalue weighted by Crippen LogP contribution is 2.27. The van der Waals surface area contributed by atoms with E-state index >= 15 is 0 Å². The molecule has 0 aromatic heterocycles. The van der Waals surface area contributed by atoms with Crippen LogP contribution in [0.3, 0.4) is 0 Å². The fourth-order valence-electron chi connectivity index (χ4n) is 1.64. The van der Waals surface area contributed by atoms with Crippen LogP contribution in [-0.4, -0.2) is 42.4 Å². The van der Waals surface area contributed by atoms with Gasteiger partial charge in [-0.1, -0.05) is 12.2 Å². The maximum absolute atomic E-state index is 10.1. The van der Waals surface area contributed by atoms with Crippen molar-refractivity contribution in [3.8, 4) is 0 Å². The molecule has 2 atom stereocenters. The summed E-state index contributed by atoms with van der Waals surface area (Å²) < 4.78 is 9.98. The van der Waals surface area contributed by atoms with E-state index in [-0.39, 0.29) is 6.42 Å². The summed E-state index contributed by atoms with van der Waals surface area (Å²) in [6, 6.07) is 0. The lowest BCUT2D eigenvalue weighted by Crippen LogP contribution is -2.45. The Hall–Kier alpha value is -0.420. The van der Waals surface area contributed by atoms with Gasteiger partial charge in [-0.05, 0) is 12.8 Å². The first kappa shape index (κ1) is 11.7. The highest BCUT2D eigenvalue weighted by atomic mass is 16.7. The topological polar surface area (TPSA) is 58.9 Å². The normalized spacial score (nSPS) is 32.5. The smallest absolute Gasteiger partial charge is 0.159 e. The molecule has 0 aliphatic heterocycles. The molecular weight excluding hydrogens is 184 g/mol. The molecule has 0 amide bonds. The average Bonchev–Trinajstić information content (AvgIpc) is 2.19. The van der Waals surface area contributed by atoms with Gasteiger partial charge >= 0.3 is 0 Å². The van der Waals surface area contributed by atoms with Crippen molar-refractivity contribution in [1.82, 2.24) is 0 Å². The molecule has 0 radical (unpaired) electrons. The summed E-state index contributed by atoms with van der Waals surface area (Å²) in [7, 11) is 3.02. The second-order valence-electron chi connectivity index (χ2n) is 3.59. The van der Waals surface area contributed by atoms with Gasteiger partial charge in [0.15, 0.2) is 6.29 Å². The number of hydrogen-bond donors (Lipinski definition) is 2. The zero-order valence-corrected chi connectivity index (χ0v) is 8.64. The van der Waals surface area contributed by atoms with Crippen LogP contribution in [0.5, 0.6) is 0 Å². The van der Waals surface area contributed by atoms with E-state index in [1.54, 1.807) is 6.08 Å². The molecule has 4 nitrogen and oxygen atoms in total. The van der Waals surface area contributed by atoms with E-state index < -0.39 is 18.0 Å². The van der Waals surface area contributed by atoms with Crippen LogP contribution in [0.2, 0.25) is 0 Å². The molecule has 1 rings (SSSR count). The van der Waals surface area contributed by atoms with Gasteiger partial charge in [-0.2, -0.15) is 0 Å². The quantitative estimate of drug-likeness (QED) is 0.513.